The van der Waals surface area contributed by atoms with Crippen LogP contribution in [0.25, 0.3) is 0 Å². The predicted octanol–water partition coefficient (Wildman–Crippen LogP) is 0.0457. The first-order chi connectivity index (χ1) is 7.01. The molecular formula is C9H15N3O2S. The van der Waals surface area contributed by atoms with Crippen LogP contribution in [0, 0.1) is 0 Å². The van der Waals surface area contributed by atoms with Gasteiger partial charge in [0.05, 0.1) is 5.69 Å². The number of hydrogen-bond acceptors (Lipinski definition) is 3. The zero-order valence-electron chi connectivity index (χ0n) is 8.77. The minimum absolute atomic E-state index is 0.447. The van der Waals surface area contributed by atoms with Crippen molar-refractivity contribution >= 4 is 15.9 Å². The van der Waals surface area contributed by atoms with Gasteiger partial charge in [-0.3, -0.25) is 4.31 Å². The fourth-order valence-corrected chi connectivity index (χ4v) is 1.79. The number of benzene rings is 1. The van der Waals surface area contributed by atoms with Gasteiger partial charge in [0.2, 0.25) is 0 Å². The SMILES string of the molecule is CNS(=O)(=O)N(C)c1ccc(CN)cc1. The van der Waals surface area contributed by atoms with E-state index in [1.807, 2.05) is 0 Å². The molecule has 0 aromatic heterocycles. The summed E-state index contributed by atoms with van der Waals surface area (Å²) in [5, 5.41) is 0. The second-order valence-corrected chi connectivity index (χ2v) is 4.95. The van der Waals surface area contributed by atoms with Crippen LogP contribution in [0.1, 0.15) is 5.56 Å². The van der Waals surface area contributed by atoms with Crippen molar-refractivity contribution < 1.29 is 8.42 Å². The zero-order chi connectivity index (χ0) is 11.5. The molecule has 0 aliphatic rings. The van der Waals surface area contributed by atoms with Gasteiger partial charge in [-0.05, 0) is 17.7 Å². The van der Waals surface area contributed by atoms with Crippen LogP contribution in [-0.4, -0.2) is 22.5 Å². The van der Waals surface area contributed by atoms with Crippen molar-refractivity contribution in [1.82, 2.24) is 4.72 Å². The second-order valence-electron chi connectivity index (χ2n) is 3.05. The number of hydrogen-bond donors (Lipinski definition) is 2. The number of rotatable bonds is 4. The highest BCUT2D eigenvalue weighted by molar-refractivity contribution is 7.90. The molecule has 1 rings (SSSR count). The molecule has 3 N–H and O–H groups in total. The Morgan fingerprint density at radius 3 is 2.27 bits per heavy atom. The van der Waals surface area contributed by atoms with Gasteiger partial charge in [0.25, 0.3) is 0 Å². The maximum absolute atomic E-state index is 11.4. The van der Waals surface area contributed by atoms with Gasteiger partial charge in [0.1, 0.15) is 0 Å². The van der Waals surface area contributed by atoms with Crippen molar-refractivity contribution in [3.8, 4) is 0 Å². The molecule has 0 fully saturated rings. The summed E-state index contributed by atoms with van der Waals surface area (Å²) in [6.45, 7) is 0.447. The minimum Gasteiger partial charge on any atom is -0.326 e. The lowest BCUT2D eigenvalue weighted by Crippen LogP contribution is -2.35. The fourth-order valence-electron chi connectivity index (χ4n) is 1.12. The van der Waals surface area contributed by atoms with Crippen LogP contribution >= 0.6 is 0 Å². The first kappa shape index (κ1) is 12.0. The maximum Gasteiger partial charge on any atom is 0.301 e. The Bertz CT molecular complexity index is 413. The van der Waals surface area contributed by atoms with Gasteiger partial charge in [-0.2, -0.15) is 8.42 Å². The number of nitrogens with two attached hydrogens (primary N) is 1. The van der Waals surface area contributed by atoms with E-state index in [4.69, 9.17) is 5.73 Å². The maximum atomic E-state index is 11.4. The van der Waals surface area contributed by atoms with Crippen LogP contribution < -0.4 is 14.8 Å². The van der Waals surface area contributed by atoms with Crippen LogP contribution in [-0.2, 0) is 16.8 Å². The third-order valence-electron chi connectivity index (χ3n) is 2.15. The molecule has 0 radical (unpaired) electrons. The van der Waals surface area contributed by atoms with Crippen molar-refractivity contribution in [3.63, 3.8) is 0 Å². The summed E-state index contributed by atoms with van der Waals surface area (Å²) in [6.07, 6.45) is 0. The van der Waals surface area contributed by atoms with E-state index in [2.05, 4.69) is 4.72 Å². The standard InChI is InChI=1S/C9H15N3O2S/c1-11-15(13,14)12(2)9-5-3-8(7-10)4-6-9/h3-6,11H,7,10H2,1-2H3. The predicted molar refractivity (Wildman–Crippen MR) is 60.7 cm³/mol. The average Bonchev–Trinajstić information content (AvgIpc) is 2.28. The van der Waals surface area contributed by atoms with Gasteiger partial charge in [-0.25, -0.2) is 4.72 Å². The normalized spacial score (nSPS) is 11.4. The lowest BCUT2D eigenvalue weighted by Gasteiger charge is -2.18. The van der Waals surface area contributed by atoms with Crippen molar-refractivity contribution in [2.75, 3.05) is 18.4 Å². The Kier molecular flexibility index (Phi) is 3.67. The summed E-state index contributed by atoms with van der Waals surface area (Å²) < 4.78 is 26.3. The van der Waals surface area contributed by atoms with Crippen molar-refractivity contribution in [2.45, 2.75) is 6.54 Å². The van der Waals surface area contributed by atoms with Crippen LogP contribution in [0.3, 0.4) is 0 Å². The summed E-state index contributed by atoms with van der Waals surface area (Å²) in [6, 6.07) is 7.04. The molecule has 0 spiro atoms. The Hall–Kier alpha value is -1.11. The summed E-state index contributed by atoms with van der Waals surface area (Å²) in [5.74, 6) is 0. The highest BCUT2D eigenvalue weighted by Gasteiger charge is 2.14. The average molecular weight is 229 g/mol. The van der Waals surface area contributed by atoms with Crippen LogP contribution in [0.2, 0.25) is 0 Å². The molecule has 84 valence electrons. The lowest BCUT2D eigenvalue weighted by molar-refractivity contribution is 0.586. The molecule has 0 saturated carbocycles. The number of nitrogens with zero attached hydrogens (tertiary/aromatic N) is 1. The summed E-state index contributed by atoms with van der Waals surface area (Å²) >= 11 is 0. The monoisotopic (exact) mass is 229 g/mol. The Morgan fingerprint density at radius 2 is 1.87 bits per heavy atom. The van der Waals surface area contributed by atoms with Gasteiger partial charge in [0.15, 0.2) is 0 Å². The van der Waals surface area contributed by atoms with Crippen molar-refractivity contribution in [1.29, 1.82) is 0 Å². The van der Waals surface area contributed by atoms with Crippen LogP contribution in [0.4, 0.5) is 5.69 Å². The lowest BCUT2D eigenvalue weighted by atomic mass is 10.2. The topological polar surface area (TPSA) is 75.4 Å². The molecule has 0 aliphatic carbocycles. The molecule has 5 nitrogen and oxygen atoms in total. The highest BCUT2D eigenvalue weighted by Crippen LogP contribution is 2.15. The fraction of sp³-hybridized carbons (Fsp3) is 0.333. The highest BCUT2D eigenvalue weighted by atomic mass is 32.2. The minimum atomic E-state index is -3.42. The molecule has 0 unspecified atom stereocenters. The van der Waals surface area contributed by atoms with E-state index >= 15 is 0 Å². The number of anilines is 1. The molecule has 0 saturated heterocycles. The summed E-state index contributed by atoms with van der Waals surface area (Å²) in [4.78, 5) is 0. The number of nitrogens with one attached hydrogen (secondary N) is 1. The van der Waals surface area contributed by atoms with E-state index in [1.54, 1.807) is 24.3 Å². The summed E-state index contributed by atoms with van der Waals surface area (Å²) in [7, 11) is -0.554. The zero-order valence-corrected chi connectivity index (χ0v) is 9.58. The van der Waals surface area contributed by atoms with Gasteiger partial charge < -0.3 is 5.73 Å². The van der Waals surface area contributed by atoms with E-state index in [1.165, 1.54) is 18.4 Å². The van der Waals surface area contributed by atoms with Crippen LogP contribution in [0.15, 0.2) is 24.3 Å². The summed E-state index contributed by atoms with van der Waals surface area (Å²) in [5.41, 5.74) is 7.01. The molecule has 1 aromatic carbocycles. The Morgan fingerprint density at radius 1 is 1.33 bits per heavy atom. The quantitative estimate of drug-likeness (QED) is 0.765. The van der Waals surface area contributed by atoms with E-state index in [-0.39, 0.29) is 0 Å². The van der Waals surface area contributed by atoms with Gasteiger partial charge >= 0.3 is 10.2 Å². The molecule has 0 amide bonds. The molecule has 0 heterocycles. The molecule has 0 aliphatic heterocycles. The van der Waals surface area contributed by atoms with Crippen LogP contribution in [0.5, 0.6) is 0 Å². The van der Waals surface area contributed by atoms with Gasteiger partial charge in [-0.1, -0.05) is 12.1 Å². The molecule has 15 heavy (non-hydrogen) atoms. The molecule has 6 heteroatoms. The van der Waals surface area contributed by atoms with Gasteiger partial charge in [0, 0.05) is 20.6 Å². The Balaban J connectivity index is 2.97. The van der Waals surface area contributed by atoms with Crippen molar-refractivity contribution in [2.24, 2.45) is 5.73 Å². The van der Waals surface area contributed by atoms with Crippen molar-refractivity contribution in [3.05, 3.63) is 29.8 Å². The molecule has 0 bridgehead atoms. The van der Waals surface area contributed by atoms with Gasteiger partial charge in [-0.15, -0.1) is 0 Å². The Labute approximate surface area is 90.1 Å². The first-order valence-electron chi connectivity index (χ1n) is 4.47. The molecule has 0 atom stereocenters. The molecular weight excluding hydrogens is 214 g/mol. The third kappa shape index (κ3) is 2.68. The first-order valence-corrected chi connectivity index (χ1v) is 5.91. The molecule has 1 aromatic rings. The van der Waals surface area contributed by atoms with E-state index in [9.17, 15) is 8.42 Å². The smallest absolute Gasteiger partial charge is 0.301 e. The van der Waals surface area contributed by atoms with E-state index in [0.717, 1.165) is 5.56 Å². The van der Waals surface area contributed by atoms with E-state index in [0.29, 0.717) is 12.2 Å². The second kappa shape index (κ2) is 4.61. The largest absolute Gasteiger partial charge is 0.326 e. The van der Waals surface area contributed by atoms with E-state index < -0.39 is 10.2 Å². The third-order valence-corrected chi connectivity index (χ3v) is 3.60.